The van der Waals surface area contributed by atoms with E-state index in [-0.39, 0.29) is 0 Å². The number of ether oxygens (including phenoxy) is 1. The van der Waals surface area contributed by atoms with Gasteiger partial charge in [-0.3, -0.25) is 4.98 Å². The van der Waals surface area contributed by atoms with E-state index in [1.54, 1.807) is 31.6 Å². The van der Waals surface area contributed by atoms with Gasteiger partial charge in [-0.2, -0.15) is 5.26 Å². The lowest BCUT2D eigenvalue weighted by Gasteiger charge is -2.10. The molecule has 0 bridgehead atoms. The van der Waals surface area contributed by atoms with Crippen molar-refractivity contribution in [2.45, 2.75) is 6.92 Å². The van der Waals surface area contributed by atoms with Gasteiger partial charge in [-0.1, -0.05) is 0 Å². The van der Waals surface area contributed by atoms with Crippen LogP contribution in [0.1, 0.15) is 11.1 Å². The highest BCUT2D eigenvalue weighted by molar-refractivity contribution is 5.73. The first-order chi connectivity index (χ1) is 8.26. The third kappa shape index (κ3) is 2.11. The van der Waals surface area contributed by atoms with Crippen LogP contribution >= 0.6 is 0 Å². The molecule has 84 valence electrons. The van der Waals surface area contributed by atoms with E-state index >= 15 is 0 Å². The second-order valence-corrected chi connectivity index (χ2v) is 3.72. The van der Waals surface area contributed by atoms with Crippen LogP contribution in [-0.4, -0.2) is 12.1 Å². The number of nitriles is 1. The smallest absolute Gasteiger partial charge is 0.128 e. The Kier molecular flexibility index (Phi) is 3.06. The highest BCUT2D eigenvalue weighted by Gasteiger charge is 2.09. The van der Waals surface area contributed by atoms with Crippen molar-refractivity contribution in [2.24, 2.45) is 0 Å². The largest absolute Gasteiger partial charge is 0.496 e. The summed E-state index contributed by atoms with van der Waals surface area (Å²) in [6.07, 6.45) is 3.56. The molecule has 0 atom stereocenters. The Morgan fingerprint density at radius 2 is 2.06 bits per heavy atom. The molecule has 0 aliphatic heterocycles. The maximum Gasteiger partial charge on any atom is 0.128 e. The standard InChI is InChI=1S/C14H12N2O/c1-10-5-6-16-9-13(10)12-4-3-11(8-15)7-14(12)17-2/h3-7,9H,1-2H3. The zero-order valence-electron chi connectivity index (χ0n) is 9.77. The SMILES string of the molecule is COc1cc(C#N)ccc1-c1cnccc1C. The summed E-state index contributed by atoms with van der Waals surface area (Å²) in [5.74, 6) is 0.695. The molecule has 0 saturated carbocycles. The van der Waals surface area contributed by atoms with Crippen LogP contribution in [0.15, 0.2) is 36.7 Å². The van der Waals surface area contributed by atoms with E-state index in [0.717, 1.165) is 16.7 Å². The zero-order chi connectivity index (χ0) is 12.3. The summed E-state index contributed by atoms with van der Waals surface area (Å²) in [5.41, 5.74) is 3.70. The lowest BCUT2D eigenvalue weighted by molar-refractivity contribution is 0.416. The monoisotopic (exact) mass is 224 g/mol. The number of aryl methyl sites for hydroxylation is 1. The van der Waals surface area contributed by atoms with E-state index < -0.39 is 0 Å². The molecule has 0 spiro atoms. The summed E-state index contributed by atoms with van der Waals surface area (Å²) in [5, 5.41) is 8.86. The fourth-order valence-electron chi connectivity index (χ4n) is 1.73. The van der Waals surface area contributed by atoms with Crippen LogP contribution in [0.25, 0.3) is 11.1 Å². The molecular formula is C14H12N2O. The van der Waals surface area contributed by atoms with Crippen LogP contribution < -0.4 is 4.74 Å². The first kappa shape index (κ1) is 11.2. The molecule has 0 unspecified atom stereocenters. The summed E-state index contributed by atoms with van der Waals surface area (Å²) < 4.78 is 5.32. The second-order valence-electron chi connectivity index (χ2n) is 3.72. The molecule has 0 aliphatic rings. The topological polar surface area (TPSA) is 45.9 Å². The van der Waals surface area contributed by atoms with Gasteiger partial charge in [-0.05, 0) is 36.8 Å². The van der Waals surface area contributed by atoms with Gasteiger partial charge >= 0.3 is 0 Å². The molecule has 1 aromatic carbocycles. The van der Waals surface area contributed by atoms with Gasteiger partial charge in [-0.25, -0.2) is 0 Å². The van der Waals surface area contributed by atoms with Crippen molar-refractivity contribution < 1.29 is 4.74 Å². The van der Waals surface area contributed by atoms with E-state index in [1.165, 1.54) is 0 Å². The Labute approximate surface area is 100 Å². The number of pyridine rings is 1. The van der Waals surface area contributed by atoms with Crippen molar-refractivity contribution in [1.29, 1.82) is 5.26 Å². The van der Waals surface area contributed by atoms with E-state index in [4.69, 9.17) is 10.00 Å². The van der Waals surface area contributed by atoms with Crippen molar-refractivity contribution >= 4 is 0 Å². The van der Waals surface area contributed by atoms with Crippen molar-refractivity contribution in [3.63, 3.8) is 0 Å². The van der Waals surface area contributed by atoms with Crippen molar-refractivity contribution in [2.75, 3.05) is 7.11 Å². The molecular weight excluding hydrogens is 212 g/mol. The lowest BCUT2D eigenvalue weighted by Crippen LogP contribution is -1.91. The maximum absolute atomic E-state index is 8.86. The summed E-state index contributed by atoms with van der Waals surface area (Å²) in [6, 6.07) is 9.46. The summed E-state index contributed by atoms with van der Waals surface area (Å²) in [6.45, 7) is 2.02. The van der Waals surface area contributed by atoms with Crippen LogP contribution in [0.4, 0.5) is 0 Å². The molecule has 3 nitrogen and oxygen atoms in total. The van der Waals surface area contributed by atoms with Gasteiger partial charge in [0.05, 0.1) is 18.7 Å². The molecule has 17 heavy (non-hydrogen) atoms. The number of rotatable bonds is 2. The fourth-order valence-corrected chi connectivity index (χ4v) is 1.73. The molecule has 2 rings (SSSR count). The Morgan fingerprint density at radius 3 is 2.71 bits per heavy atom. The number of methoxy groups -OCH3 is 1. The van der Waals surface area contributed by atoms with Crippen LogP contribution in [0.3, 0.4) is 0 Å². The number of nitrogens with zero attached hydrogens (tertiary/aromatic N) is 2. The van der Waals surface area contributed by atoms with E-state index in [0.29, 0.717) is 11.3 Å². The van der Waals surface area contributed by atoms with Crippen molar-refractivity contribution in [1.82, 2.24) is 4.98 Å². The van der Waals surface area contributed by atoms with Gasteiger partial charge in [-0.15, -0.1) is 0 Å². The van der Waals surface area contributed by atoms with Crippen molar-refractivity contribution in [3.05, 3.63) is 47.8 Å². The number of hydrogen-bond donors (Lipinski definition) is 0. The second kappa shape index (κ2) is 4.67. The predicted octanol–water partition coefficient (Wildman–Crippen LogP) is 2.94. The van der Waals surface area contributed by atoms with Crippen LogP contribution in [0.5, 0.6) is 5.75 Å². The molecule has 0 amide bonds. The molecule has 3 heteroatoms. The maximum atomic E-state index is 8.86. The number of hydrogen-bond acceptors (Lipinski definition) is 3. The van der Waals surface area contributed by atoms with Gasteiger partial charge in [0.1, 0.15) is 5.75 Å². The molecule has 0 radical (unpaired) electrons. The Morgan fingerprint density at radius 1 is 1.24 bits per heavy atom. The van der Waals surface area contributed by atoms with Gasteiger partial charge < -0.3 is 4.74 Å². The average molecular weight is 224 g/mol. The summed E-state index contributed by atoms with van der Waals surface area (Å²) in [4.78, 5) is 4.12. The highest BCUT2D eigenvalue weighted by atomic mass is 16.5. The molecule has 0 fully saturated rings. The fraction of sp³-hybridized carbons (Fsp3) is 0.143. The third-order valence-electron chi connectivity index (χ3n) is 2.66. The third-order valence-corrected chi connectivity index (χ3v) is 2.66. The normalized spacial score (nSPS) is 9.71. The minimum absolute atomic E-state index is 0.590. The minimum atomic E-state index is 0.590. The first-order valence-electron chi connectivity index (χ1n) is 5.25. The molecule has 1 heterocycles. The van der Waals surface area contributed by atoms with Crippen LogP contribution in [0, 0.1) is 18.3 Å². The first-order valence-corrected chi connectivity index (χ1v) is 5.25. The van der Waals surface area contributed by atoms with Gasteiger partial charge in [0.15, 0.2) is 0 Å². The summed E-state index contributed by atoms with van der Waals surface area (Å²) in [7, 11) is 1.60. The minimum Gasteiger partial charge on any atom is -0.496 e. The molecule has 0 saturated heterocycles. The van der Waals surface area contributed by atoms with E-state index in [2.05, 4.69) is 11.1 Å². The Balaban J connectivity index is 2.61. The Hall–Kier alpha value is -2.34. The highest BCUT2D eigenvalue weighted by Crippen LogP contribution is 2.32. The molecule has 1 aromatic heterocycles. The van der Waals surface area contributed by atoms with Gasteiger partial charge in [0, 0.05) is 23.5 Å². The van der Waals surface area contributed by atoms with Gasteiger partial charge in [0.2, 0.25) is 0 Å². The number of benzene rings is 1. The van der Waals surface area contributed by atoms with Crippen LogP contribution in [-0.2, 0) is 0 Å². The van der Waals surface area contributed by atoms with E-state index in [9.17, 15) is 0 Å². The molecule has 2 aromatic rings. The predicted molar refractivity (Wildman–Crippen MR) is 65.7 cm³/mol. The zero-order valence-corrected chi connectivity index (χ0v) is 9.77. The Bertz CT molecular complexity index is 585. The molecule has 0 N–H and O–H groups in total. The average Bonchev–Trinajstić information content (AvgIpc) is 2.38. The molecule has 0 aliphatic carbocycles. The van der Waals surface area contributed by atoms with Crippen molar-refractivity contribution in [3.8, 4) is 22.9 Å². The van der Waals surface area contributed by atoms with Crippen LogP contribution in [0.2, 0.25) is 0 Å². The lowest BCUT2D eigenvalue weighted by atomic mass is 10.0. The number of aromatic nitrogens is 1. The van der Waals surface area contributed by atoms with Gasteiger partial charge in [0.25, 0.3) is 0 Å². The quantitative estimate of drug-likeness (QED) is 0.787. The summed E-state index contributed by atoms with van der Waals surface area (Å²) >= 11 is 0. The van der Waals surface area contributed by atoms with E-state index in [1.807, 2.05) is 19.1 Å².